The topological polar surface area (TPSA) is 107 Å². The summed E-state index contributed by atoms with van der Waals surface area (Å²) < 4.78 is 5.72. The summed E-state index contributed by atoms with van der Waals surface area (Å²) in [5, 5.41) is 39.8. The lowest BCUT2D eigenvalue weighted by atomic mass is 9.90. The van der Waals surface area contributed by atoms with Gasteiger partial charge in [0.25, 0.3) is 0 Å². The molecule has 0 fully saturated rings. The number of phenols is 3. The fraction of sp³-hybridized carbons (Fsp3) is 0.235. The molecule has 0 aliphatic carbocycles. The standard InChI is InChI=1S/C17H16O6/c1-7-12(19)8(2)16-11(13(7)20)14(21)15(22)17(23-16)9-3-5-10(18)6-4-9/h3-6,15,17-20,22H,1-2H3. The van der Waals surface area contributed by atoms with Gasteiger partial charge in [0.15, 0.2) is 12.2 Å². The van der Waals surface area contributed by atoms with Gasteiger partial charge in [0.2, 0.25) is 5.78 Å². The summed E-state index contributed by atoms with van der Waals surface area (Å²) in [7, 11) is 0. The lowest BCUT2D eigenvalue weighted by molar-refractivity contribution is 0.0207. The van der Waals surface area contributed by atoms with E-state index in [0.717, 1.165) is 0 Å². The van der Waals surface area contributed by atoms with E-state index in [9.17, 15) is 25.2 Å². The van der Waals surface area contributed by atoms with Crippen molar-refractivity contribution in [1.29, 1.82) is 0 Å². The number of ether oxygens (including phenoxy) is 1. The average Bonchev–Trinajstić information content (AvgIpc) is 2.54. The van der Waals surface area contributed by atoms with Crippen LogP contribution in [0.25, 0.3) is 0 Å². The number of aliphatic hydroxyl groups excluding tert-OH is 1. The van der Waals surface area contributed by atoms with Crippen molar-refractivity contribution in [2.75, 3.05) is 0 Å². The maximum atomic E-state index is 12.5. The molecule has 0 saturated carbocycles. The number of aliphatic hydroxyl groups is 1. The first-order valence-electron chi connectivity index (χ1n) is 7.06. The molecule has 6 heteroatoms. The van der Waals surface area contributed by atoms with E-state index in [1.54, 1.807) is 6.92 Å². The lowest BCUT2D eigenvalue weighted by Gasteiger charge is -2.32. The van der Waals surface area contributed by atoms with Crippen LogP contribution in [0.5, 0.6) is 23.0 Å². The Morgan fingerprint density at radius 2 is 1.57 bits per heavy atom. The minimum absolute atomic E-state index is 0.0490. The van der Waals surface area contributed by atoms with E-state index in [-0.39, 0.29) is 28.4 Å². The summed E-state index contributed by atoms with van der Waals surface area (Å²) in [6.45, 7) is 3.04. The van der Waals surface area contributed by atoms with E-state index < -0.39 is 23.7 Å². The normalized spacial score (nSPS) is 20.0. The molecule has 2 aromatic carbocycles. The second-order valence-electron chi connectivity index (χ2n) is 5.59. The van der Waals surface area contributed by atoms with Gasteiger partial charge >= 0.3 is 0 Å². The van der Waals surface area contributed by atoms with Gasteiger partial charge in [-0.25, -0.2) is 0 Å². The molecule has 0 radical (unpaired) electrons. The third-order valence-corrected chi connectivity index (χ3v) is 4.14. The van der Waals surface area contributed by atoms with Crippen LogP contribution in [0, 0.1) is 13.8 Å². The van der Waals surface area contributed by atoms with E-state index in [2.05, 4.69) is 0 Å². The number of ketones is 1. The van der Waals surface area contributed by atoms with Crippen molar-refractivity contribution in [3.8, 4) is 23.0 Å². The van der Waals surface area contributed by atoms with Gasteiger partial charge in [-0.15, -0.1) is 0 Å². The summed E-state index contributed by atoms with van der Waals surface area (Å²) >= 11 is 0. The third kappa shape index (κ3) is 2.19. The first-order valence-corrected chi connectivity index (χ1v) is 7.06. The number of aromatic hydroxyl groups is 3. The van der Waals surface area contributed by atoms with Crippen molar-refractivity contribution in [1.82, 2.24) is 0 Å². The predicted molar refractivity (Wildman–Crippen MR) is 81.1 cm³/mol. The number of phenolic OH excluding ortho intramolecular Hbond substituents is 3. The molecule has 6 nitrogen and oxygen atoms in total. The molecule has 120 valence electrons. The molecule has 0 amide bonds. The molecular weight excluding hydrogens is 300 g/mol. The van der Waals surface area contributed by atoms with E-state index in [1.165, 1.54) is 31.2 Å². The Bertz CT molecular complexity index is 794. The number of hydrogen-bond acceptors (Lipinski definition) is 6. The zero-order valence-electron chi connectivity index (χ0n) is 12.6. The summed E-state index contributed by atoms with van der Waals surface area (Å²) in [6.07, 6.45) is -2.49. The monoisotopic (exact) mass is 316 g/mol. The molecule has 0 bridgehead atoms. The summed E-state index contributed by atoms with van der Waals surface area (Å²) in [5.74, 6) is -1.12. The van der Waals surface area contributed by atoms with Crippen molar-refractivity contribution < 1.29 is 30.0 Å². The third-order valence-electron chi connectivity index (χ3n) is 4.14. The van der Waals surface area contributed by atoms with Crippen LogP contribution in [0.4, 0.5) is 0 Å². The lowest BCUT2D eigenvalue weighted by Crippen LogP contribution is -2.36. The molecule has 1 heterocycles. The molecule has 2 atom stereocenters. The number of carbonyl (C=O) groups is 1. The number of fused-ring (bicyclic) bond motifs is 1. The first kappa shape index (κ1) is 15.2. The number of hydrogen-bond donors (Lipinski definition) is 4. The fourth-order valence-electron chi connectivity index (χ4n) is 2.75. The maximum Gasteiger partial charge on any atom is 0.202 e. The molecule has 0 aromatic heterocycles. The number of rotatable bonds is 1. The zero-order valence-corrected chi connectivity index (χ0v) is 12.6. The van der Waals surface area contributed by atoms with E-state index >= 15 is 0 Å². The molecule has 2 aromatic rings. The Balaban J connectivity index is 2.16. The van der Waals surface area contributed by atoms with E-state index in [0.29, 0.717) is 11.1 Å². The molecule has 4 N–H and O–H groups in total. The van der Waals surface area contributed by atoms with Crippen LogP contribution in [0.15, 0.2) is 24.3 Å². The molecule has 0 spiro atoms. The van der Waals surface area contributed by atoms with Crippen LogP contribution >= 0.6 is 0 Å². The van der Waals surface area contributed by atoms with Gasteiger partial charge in [-0.2, -0.15) is 0 Å². The van der Waals surface area contributed by atoms with Crippen molar-refractivity contribution in [3.05, 3.63) is 46.5 Å². The minimum atomic E-state index is -1.50. The highest BCUT2D eigenvalue weighted by Crippen LogP contribution is 2.47. The van der Waals surface area contributed by atoms with Crippen molar-refractivity contribution >= 4 is 5.78 Å². The van der Waals surface area contributed by atoms with Crippen LogP contribution in [0.3, 0.4) is 0 Å². The van der Waals surface area contributed by atoms with Crippen molar-refractivity contribution in [2.24, 2.45) is 0 Å². The SMILES string of the molecule is Cc1c(O)c(C)c2c(c1O)C(=O)C(O)C(c1ccc(O)cc1)O2. The van der Waals surface area contributed by atoms with E-state index in [1.807, 2.05) is 0 Å². The molecule has 3 rings (SSSR count). The predicted octanol–water partition coefficient (Wildman–Crippen LogP) is 2.10. The number of Topliss-reactive ketones (excluding diaryl/α,β-unsaturated/α-hetero) is 1. The van der Waals surface area contributed by atoms with E-state index in [4.69, 9.17) is 4.74 Å². The molecule has 1 aliphatic rings. The number of benzene rings is 2. The van der Waals surface area contributed by atoms with Crippen LogP contribution in [0.1, 0.15) is 33.2 Å². The van der Waals surface area contributed by atoms with Crippen LogP contribution in [0.2, 0.25) is 0 Å². The second kappa shape index (κ2) is 5.17. The van der Waals surface area contributed by atoms with Gasteiger partial charge in [-0.3, -0.25) is 4.79 Å². The zero-order chi connectivity index (χ0) is 16.9. The molecule has 2 unspecified atom stereocenters. The Morgan fingerprint density at radius 1 is 0.957 bits per heavy atom. The summed E-state index contributed by atoms with van der Waals surface area (Å²) in [6, 6.07) is 5.90. The average molecular weight is 316 g/mol. The quantitative estimate of drug-likeness (QED) is 0.642. The highest BCUT2D eigenvalue weighted by Gasteiger charge is 2.40. The van der Waals surface area contributed by atoms with Crippen LogP contribution in [-0.4, -0.2) is 32.3 Å². The van der Waals surface area contributed by atoms with Crippen LogP contribution in [-0.2, 0) is 0 Å². The van der Waals surface area contributed by atoms with Crippen molar-refractivity contribution in [3.63, 3.8) is 0 Å². The second-order valence-corrected chi connectivity index (χ2v) is 5.59. The summed E-state index contributed by atoms with van der Waals surface area (Å²) in [5.41, 5.74) is 0.849. The summed E-state index contributed by atoms with van der Waals surface area (Å²) in [4.78, 5) is 12.5. The smallest absolute Gasteiger partial charge is 0.202 e. The molecule has 23 heavy (non-hydrogen) atoms. The highest BCUT2D eigenvalue weighted by atomic mass is 16.5. The van der Waals surface area contributed by atoms with Gasteiger partial charge in [0, 0.05) is 11.1 Å². The Labute approximate surface area is 132 Å². The minimum Gasteiger partial charge on any atom is -0.508 e. The molecular formula is C17H16O6. The Morgan fingerprint density at radius 3 is 2.17 bits per heavy atom. The molecule has 0 saturated heterocycles. The highest BCUT2D eigenvalue weighted by molar-refractivity contribution is 6.06. The fourth-order valence-corrected chi connectivity index (χ4v) is 2.75. The first-order chi connectivity index (χ1) is 10.8. The Hall–Kier alpha value is -2.73. The maximum absolute atomic E-state index is 12.5. The van der Waals surface area contributed by atoms with Gasteiger partial charge in [-0.1, -0.05) is 12.1 Å². The largest absolute Gasteiger partial charge is 0.508 e. The van der Waals surface area contributed by atoms with Gasteiger partial charge in [0.1, 0.15) is 28.6 Å². The van der Waals surface area contributed by atoms with Gasteiger partial charge in [0.05, 0.1) is 0 Å². The van der Waals surface area contributed by atoms with Crippen LogP contribution < -0.4 is 4.74 Å². The number of carbonyl (C=O) groups excluding carboxylic acids is 1. The van der Waals surface area contributed by atoms with Gasteiger partial charge < -0.3 is 25.2 Å². The van der Waals surface area contributed by atoms with Crippen molar-refractivity contribution in [2.45, 2.75) is 26.1 Å². The molecule has 1 aliphatic heterocycles. The Kier molecular flexibility index (Phi) is 3.41. The van der Waals surface area contributed by atoms with Gasteiger partial charge in [-0.05, 0) is 31.5 Å².